The number of aryl methyl sites for hydroxylation is 3. The summed E-state index contributed by atoms with van der Waals surface area (Å²) < 4.78 is 1.99. The Kier molecular flexibility index (Phi) is 4.41. The second-order valence-corrected chi connectivity index (χ2v) is 5.71. The largest absolute Gasteiger partial charge is 0.332 e. The topological polar surface area (TPSA) is 84.7 Å². The van der Waals surface area contributed by atoms with Gasteiger partial charge in [0.2, 0.25) is 0 Å². The van der Waals surface area contributed by atoms with Crippen LogP contribution >= 0.6 is 0 Å². The molecule has 2 amide bonds. The van der Waals surface area contributed by atoms with Gasteiger partial charge < -0.3 is 15.2 Å². The zero-order valence-corrected chi connectivity index (χ0v) is 14.0. The van der Waals surface area contributed by atoms with Gasteiger partial charge in [0.25, 0.3) is 0 Å². The highest BCUT2D eigenvalue weighted by atomic mass is 16.2. The number of rotatable bonds is 4. The van der Waals surface area contributed by atoms with Crippen LogP contribution < -0.4 is 10.6 Å². The number of fused-ring (bicyclic) bond motifs is 1. The monoisotopic (exact) mass is 324 g/mol. The third kappa shape index (κ3) is 3.51. The minimum absolute atomic E-state index is 0.255. The fourth-order valence-electron chi connectivity index (χ4n) is 2.51. The molecule has 7 nitrogen and oxygen atoms in total. The Bertz CT molecular complexity index is 886. The number of aromatic nitrogens is 4. The number of benzene rings is 1. The Hall–Kier alpha value is -2.96. The molecule has 1 aromatic carbocycles. The third-order valence-corrected chi connectivity index (χ3v) is 3.80. The lowest BCUT2D eigenvalue weighted by Crippen LogP contribution is -2.35. The highest BCUT2D eigenvalue weighted by Gasteiger charge is 2.09. The van der Waals surface area contributed by atoms with Gasteiger partial charge in [0.1, 0.15) is 11.6 Å². The van der Waals surface area contributed by atoms with Crippen LogP contribution in [-0.2, 0) is 20.1 Å². The molecule has 0 saturated heterocycles. The molecule has 2 aromatic heterocycles. The van der Waals surface area contributed by atoms with Crippen LogP contribution in [0.25, 0.3) is 11.0 Å². The summed E-state index contributed by atoms with van der Waals surface area (Å²) in [4.78, 5) is 24.8. The zero-order chi connectivity index (χ0) is 17.1. The molecule has 0 aliphatic heterocycles. The van der Waals surface area contributed by atoms with Crippen LogP contribution in [0.4, 0.5) is 4.79 Å². The first kappa shape index (κ1) is 15.9. The molecule has 124 valence electrons. The van der Waals surface area contributed by atoms with Crippen molar-refractivity contribution in [3.8, 4) is 0 Å². The highest BCUT2D eigenvalue weighted by molar-refractivity contribution is 5.77. The molecule has 0 fully saturated rings. The van der Waals surface area contributed by atoms with Crippen LogP contribution in [0.15, 0.2) is 30.5 Å². The van der Waals surface area contributed by atoms with Crippen molar-refractivity contribution in [3.63, 3.8) is 0 Å². The van der Waals surface area contributed by atoms with E-state index >= 15 is 0 Å². The highest BCUT2D eigenvalue weighted by Crippen LogP contribution is 2.16. The first-order valence-corrected chi connectivity index (χ1v) is 7.75. The maximum Gasteiger partial charge on any atom is 0.315 e. The van der Waals surface area contributed by atoms with Crippen LogP contribution in [0.1, 0.15) is 22.9 Å². The number of nitrogens with zero attached hydrogens (tertiary/aromatic N) is 4. The van der Waals surface area contributed by atoms with E-state index in [0.29, 0.717) is 18.9 Å². The van der Waals surface area contributed by atoms with Crippen molar-refractivity contribution in [1.29, 1.82) is 0 Å². The van der Waals surface area contributed by atoms with Crippen molar-refractivity contribution >= 4 is 17.1 Å². The average molecular weight is 324 g/mol. The lowest BCUT2D eigenvalue weighted by Gasteiger charge is -2.07. The smallest absolute Gasteiger partial charge is 0.315 e. The summed E-state index contributed by atoms with van der Waals surface area (Å²) in [5, 5.41) is 5.60. The Morgan fingerprint density at radius 2 is 1.92 bits per heavy atom. The number of amides is 2. The standard InChI is InChI=1S/C17H20N6O/c1-11-4-5-15-14(8-11)22-16(23(15)3)10-20-17(24)19-9-13-6-7-18-12(2)21-13/h4-8H,9-10H2,1-3H3,(H2,19,20,24). The van der Waals surface area contributed by atoms with Crippen molar-refractivity contribution in [2.75, 3.05) is 0 Å². The minimum atomic E-state index is -0.255. The van der Waals surface area contributed by atoms with Crippen molar-refractivity contribution in [3.05, 3.63) is 53.4 Å². The Labute approximate surface area is 140 Å². The molecule has 0 radical (unpaired) electrons. The molecule has 0 aliphatic rings. The van der Waals surface area contributed by atoms with E-state index in [0.717, 1.165) is 28.1 Å². The van der Waals surface area contributed by atoms with E-state index in [1.54, 1.807) is 12.3 Å². The predicted molar refractivity (Wildman–Crippen MR) is 91.3 cm³/mol. The summed E-state index contributed by atoms with van der Waals surface area (Å²) in [5.41, 5.74) is 3.93. The molecule has 0 atom stereocenters. The van der Waals surface area contributed by atoms with Gasteiger partial charge >= 0.3 is 6.03 Å². The van der Waals surface area contributed by atoms with Crippen LogP contribution in [0.3, 0.4) is 0 Å². The van der Waals surface area contributed by atoms with E-state index in [1.165, 1.54) is 0 Å². The summed E-state index contributed by atoms with van der Waals surface area (Å²) in [5.74, 6) is 1.49. The van der Waals surface area contributed by atoms with Crippen molar-refractivity contribution in [1.82, 2.24) is 30.2 Å². The molecule has 0 saturated carbocycles. The Balaban J connectivity index is 1.59. The third-order valence-electron chi connectivity index (χ3n) is 3.80. The quantitative estimate of drug-likeness (QED) is 0.768. The van der Waals surface area contributed by atoms with Crippen LogP contribution in [0.5, 0.6) is 0 Å². The minimum Gasteiger partial charge on any atom is -0.332 e. The van der Waals surface area contributed by atoms with E-state index in [9.17, 15) is 4.79 Å². The van der Waals surface area contributed by atoms with E-state index < -0.39 is 0 Å². The molecule has 3 aromatic rings. The van der Waals surface area contributed by atoms with Gasteiger partial charge in [-0.05, 0) is 37.6 Å². The van der Waals surface area contributed by atoms with Crippen molar-refractivity contribution in [2.45, 2.75) is 26.9 Å². The van der Waals surface area contributed by atoms with Gasteiger partial charge in [0.05, 0.1) is 29.8 Å². The van der Waals surface area contributed by atoms with Gasteiger partial charge in [-0.25, -0.2) is 19.7 Å². The SMILES string of the molecule is Cc1ccc2c(c1)nc(CNC(=O)NCc1ccnc(C)n1)n2C. The Morgan fingerprint density at radius 3 is 2.71 bits per heavy atom. The lowest BCUT2D eigenvalue weighted by atomic mass is 10.2. The number of nitrogens with one attached hydrogen (secondary N) is 2. The van der Waals surface area contributed by atoms with Crippen LogP contribution in [0.2, 0.25) is 0 Å². The summed E-state index contributed by atoms with van der Waals surface area (Å²) >= 11 is 0. The van der Waals surface area contributed by atoms with Crippen LogP contribution in [-0.4, -0.2) is 25.6 Å². The number of imidazole rings is 1. The fourth-order valence-corrected chi connectivity index (χ4v) is 2.51. The lowest BCUT2D eigenvalue weighted by molar-refractivity contribution is 0.239. The fraction of sp³-hybridized carbons (Fsp3) is 0.294. The molecule has 0 spiro atoms. The maximum atomic E-state index is 12.0. The predicted octanol–water partition coefficient (Wildman–Crippen LogP) is 1.98. The second kappa shape index (κ2) is 6.66. The Morgan fingerprint density at radius 1 is 1.12 bits per heavy atom. The zero-order valence-electron chi connectivity index (χ0n) is 14.0. The number of carbonyl (C=O) groups excluding carboxylic acids is 1. The van der Waals surface area contributed by atoms with Gasteiger partial charge in [0, 0.05) is 13.2 Å². The number of hydrogen-bond acceptors (Lipinski definition) is 4. The van der Waals surface area contributed by atoms with E-state index in [2.05, 4.69) is 31.7 Å². The van der Waals surface area contributed by atoms with E-state index in [4.69, 9.17) is 0 Å². The van der Waals surface area contributed by atoms with Gasteiger partial charge in [-0.1, -0.05) is 6.07 Å². The molecular formula is C17H20N6O. The number of hydrogen-bond donors (Lipinski definition) is 2. The normalized spacial score (nSPS) is 10.8. The van der Waals surface area contributed by atoms with E-state index in [-0.39, 0.29) is 6.03 Å². The first-order valence-electron chi connectivity index (χ1n) is 7.75. The summed E-state index contributed by atoms with van der Waals surface area (Å²) in [6, 6.07) is 7.66. The molecule has 7 heteroatoms. The second-order valence-electron chi connectivity index (χ2n) is 5.71. The molecule has 0 aliphatic carbocycles. The average Bonchev–Trinajstić information content (AvgIpc) is 2.86. The van der Waals surface area contributed by atoms with Gasteiger partial charge in [-0.15, -0.1) is 0 Å². The van der Waals surface area contributed by atoms with E-state index in [1.807, 2.05) is 37.6 Å². The molecule has 2 N–H and O–H groups in total. The summed E-state index contributed by atoms with van der Waals surface area (Å²) in [6.45, 7) is 4.57. The molecule has 24 heavy (non-hydrogen) atoms. The van der Waals surface area contributed by atoms with Crippen LogP contribution in [0, 0.1) is 13.8 Å². The van der Waals surface area contributed by atoms with Crippen molar-refractivity contribution in [2.24, 2.45) is 7.05 Å². The van der Waals surface area contributed by atoms with Gasteiger partial charge in [-0.3, -0.25) is 0 Å². The van der Waals surface area contributed by atoms with Gasteiger partial charge in [-0.2, -0.15) is 0 Å². The molecule has 0 unspecified atom stereocenters. The molecule has 3 rings (SSSR count). The van der Waals surface area contributed by atoms with Crippen molar-refractivity contribution < 1.29 is 4.79 Å². The van der Waals surface area contributed by atoms with Gasteiger partial charge in [0.15, 0.2) is 0 Å². The summed E-state index contributed by atoms with van der Waals surface area (Å²) in [6.07, 6.45) is 1.68. The molecule has 2 heterocycles. The maximum absolute atomic E-state index is 12.0. The first-order chi connectivity index (χ1) is 11.5. The summed E-state index contributed by atoms with van der Waals surface area (Å²) in [7, 11) is 1.95. The number of urea groups is 1. The molecule has 0 bridgehead atoms. The molecular weight excluding hydrogens is 304 g/mol. The number of carbonyl (C=O) groups is 1.